The fourth-order valence-corrected chi connectivity index (χ4v) is 4.35. The van der Waals surface area contributed by atoms with Crippen molar-refractivity contribution in [3.63, 3.8) is 0 Å². The van der Waals surface area contributed by atoms with Crippen LogP contribution in [0.5, 0.6) is 0 Å². The van der Waals surface area contributed by atoms with Gasteiger partial charge in [-0.15, -0.1) is 0 Å². The number of piperidine rings is 1. The summed E-state index contributed by atoms with van der Waals surface area (Å²) in [6.45, 7) is 4.12. The molecule has 1 aliphatic carbocycles. The normalized spacial score (nSPS) is 17.3. The Bertz CT molecular complexity index is 824. The van der Waals surface area contributed by atoms with Gasteiger partial charge in [-0.25, -0.2) is 4.98 Å². The summed E-state index contributed by atoms with van der Waals surface area (Å²) in [4.78, 5) is 23.8. The van der Waals surface area contributed by atoms with Crippen LogP contribution in [0.2, 0.25) is 0 Å². The predicted octanol–water partition coefficient (Wildman–Crippen LogP) is 5.04. The first-order valence-corrected chi connectivity index (χ1v) is 10.9. The minimum atomic E-state index is 0.116. The van der Waals surface area contributed by atoms with Gasteiger partial charge in [-0.3, -0.25) is 4.79 Å². The van der Waals surface area contributed by atoms with E-state index in [1.54, 1.807) is 0 Å². The highest BCUT2D eigenvalue weighted by atomic mass is 16.1. The Hall–Kier alpha value is -2.63. The molecule has 0 spiro atoms. The monoisotopic (exact) mass is 393 g/mol. The molecule has 4 rings (SSSR count). The van der Waals surface area contributed by atoms with Gasteiger partial charge in [-0.2, -0.15) is 4.98 Å². The van der Waals surface area contributed by atoms with Crippen LogP contribution in [-0.4, -0.2) is 29.0 Å². The lowest BCUT2D eigenvalue weighted by molar-refractivity contribution is -0.117. The van der Waals surface area contributed by atoms with E-state index in [-0.39, 0.29) is 5.91 Å². The zero-order chi connectivity index (χ0) is 20.1. The summed E-state index contributed by atoms with van der Waals surface area (Å²) in [6.07, 6.45) is 9.28. The maximum atomic E-state index is 12.2. The van der Waals surface area contributed by atoms with Crippen LogP contribution in [0.4, 0.5) is 23.1 Å². The summed E-state index contributed by atoms with van der Waals surface area (Å²) in [5.74, 6) is 2.29. The van der Waals surface area contributed by atoms with Crippen molar-refractivity contribution in [1.29, 1.82) is 0 Å². The predicted molar refractivity (Wildman–Crippen MR) is 118 cm³/mol. The number of hydrogen-bond donors (Lipinski definition) is 2. The van der Waals surface area contributed by atoms with Crippen molar-refractivity contribution in [1.82, 2.24) is 9.97 Å². The molecular weight excluding hydrogens is 362 g/mol. The first-order chi connectivity index (χ1) is 14.2. The van der Waals surface area contributed by atoms with E-state index in [0.717, 1.165) is 36.0 Å². The van der Waals surface area contributed by atoms with Crippen LogP contribution >= 0.6 is 0 Å². The second-order valence-corrected chi connectivity index (χ2v) is 8.34. The molecule has 2 aromatic rings. The molecule has 1 saturated carbocycles. The van der Waals surface area contributed by atoms with Crippen LogP contribution in [0.3, 0.4) is 0 Å². The van der Waals surface area contributed by atoms with Gasteiger partial charge in [0.1, 0.15) is 5.82 Å². The quantitative estimate of drug-likeness (QED) is 0.720. The molecule has 0 radical (unpaired) electrons. The van der Waals surface area contributed by atoms with E-state index in [9.17, 15) is 4.79 Å². The molecule has 1 saturated heterocycles. The van der Waals surface area contributed by atoms with E-state index in [1.807, 2.05) is 31.2 Å². The lowest BCUT2D eigenvalue weighted by atomic mass is 10.0. The zero-order valence-electron chi connectivity index (χ0n) is 17.3. The van der Waals surface area contributed by atoms with Gasteiger partial charge in [0.05, 0.1) is 0 Å². The third-order valence-electron chi connectivity index (χ3n) is 5.89. The van der Waals surface area contributed by atoms with Gasteiger partial charge in [-0.1, -0.05) is 12.8 Å². The second-order valence-electron chi connectivity index (χ2n) is 8.34. The molecule has 29 heavy (non-hydrogen) atoms. The van der Waals surface area contributed by atoms with Crippen molar-refractivity contribution in [3.05, 3.63) is 36.0 Å². The number of rotatable bonds is 6. The van der Waals surface area contributed by atoms with Crippen molar-refractivity contribution in [2.24, 2.45) is 5.92 Å². The standard InChI is InChI=1S/C23H31N5O/c1-17-15-21(28-13-5-2-6-14-28)27-23(24-17)26-20-11-9-19(10-12-20)25-22(29)16-18-7-3-4-8-18/h9-12,15,18H,2-8,13-14,16H2,1H3,(H,25,29)(H,24,26,27). The number of carbonyl (C=O) groups is 1. The maximum Gasteiger partial charge on any atom is 0.229 e. The third-order valence-corrected chi connectivity index (χ3v) is 5.89. The molecule has 2 N–H and O–H groups in total. The number of aryl methyl sites for hydroxylation is 1. The fourth-order valence-electron chi connectivity index (χ4n) is 4.35. The largest absolute Gasteiger partial charge is 0.356 e. The third kappa shape index (κ3) is 5.46. The number of amides is 1. The molecule has 154 valence electrons. The zero-order valence-corrected chi connectivity index (χ0v) is 17.3. The molecular formula is C23H31N5O. The number of anilines is 4. The van der Waals surface area contributed by atoms with E-state index in [2.05, 4.69) is 26.6 Å². The Morgan fingerprint density at radius 3 is 2.41 bits per heavy atom. The van der Waals surface area contributed by atoms with E-state index >= 15 is 0 Å². The summed E-state index contributed by atoms with van der Waals surface area (Å²) in [5.41, 5.74) is 2.70. The molecule has 6 heteroatoms. The number of benzene rings is 1. The summed E-state index contributed by atoms with van der Waals surface area (Å²) >= 11 is 0. The molecule has 2 heterocycles. The lowest BCUT2D eigenvalue weighted by Crippen LogP contribution is -2.30. The van der Waals surface area contributed by atoms with Gasteiger partial charge in [0, 0.05) is 42.6 Å². The minimum absolute atomic E-state index is 0.116. The van der Waals surface area contributed by atoms with Crippen LogP contribution < -0.4 is 15.5 Å². The Labute approximate surface area is 173 Å². The van der Waals surface area contributed by atoms with Crippen molar-refractivity contribution in [3.8, 4) is 0 Å². The molecule has 1 aromatic heterocycles. The number of aromatic nitrogens is 2. The highest BCUT2D eigenvalue weighted by molar-refractivity contribution is 5.91. The lowest BCUT2D eigenvalue weighted by Gasteiger charge is -2.28. The number of nitrogens with one attached hydrogen (secondary N) is 2. The van der Waals surface area contributed by atoms with Gasteiger partial charge in [-0.05, 0) is 69.2 Å². The number of hydrogen-bond acceptors (Lipinski definition) is 5. The molecule has 0 bridgehead atoms. The summed E-state index contributed by atoms with van der Waals surface area (Å²) in [6, 6.07) is 9.82. The molecule has 1 aliphatic heterocycles. The smallest absolute Gasteiger partial charge is 0.229 e. The van der Waals surface area contributed by atoms with Crippen LogP contribution in [0.25, 0.3) is 0 Å². The number of nitrogens with zero attached hydrogens (tertiary/aromatic N) is 3. The van der Waals surface area contributed by atoms with E-state index < -0.39 is 0 Å². The average molecular weight is 394 g/mol. The van der Waals surface area contributed by atoms with Crippen molar-refractivity contribution < 1.29 is 4.79 Å². The fraction of sp³-hybridized carbons (Fsp3) is 0.522. The van der Waals surface area contributed by atoms with Gasteiger partial charge < -0.3 is 15.5 Å². The minimum Gasteiger partial charge on any atom is -0.356 e. The van der Waals surface area contributed by atoms with E-state index in [1.165, 1.54) is 44.9 Å². The molecule has 0 unspecified atom stereocenters. The first kappa shape index (κ1) is 19.7. The topological polar surface area (TPSA) is 70.2 Å². The molecule has 1 amide bonds. The summed E-state index contributed by atoms with van der Waals surface area (Å²) in [5, 5.41) is 6.32. The molecule has 1 aromatic carbocycles. The Morgan fingerprint density at radius 1 is 1.00 bits per heavy atom. The summed E-state index contributed by atoms with van der Waals surface area (Å²) < 4.78 is 0. The molecule has 6 nitrogen and oxygen atoms in total. The van der Waals surface area contributed by atoms with E-state index in [4.69, 9.17) is 4.98 Å². The average Bonchev–Trinajstić information content (AvgIpc) is 3.22. The van der Waals surface area contributed by atoms with Gasteiger partial charge in [0.25, 0.3) is 0 Å². The highest BCUT2D eigenvalue weighted by Crippen LogP contribution is 2.28. The van der Waals surface area contributed by atoms with Crippen molar-refractivity contribution >= 4 is 29.0 Å². The summed E-state index contributed by atoms with van der Waals surface area (Å²) in [7, 11) is 0. The van der Waals surface area contributed by atoms with Gasteiger partial charge in [0.2, 0.25) is 11.9 Å². The Morgan fingerprint density at radius 2 is 1.69 bits per heavy atom. The van der Waals surface area contributed by atoms with Crippen molar-refractivity contribution in [2.75, 3.05) is 28.6 Å². The van der Waals surface area contributed by atoms with Crippen molar-refractivity contribution in [2.45, 2.75) is 58.3 Å². The van der Waals surface area contributed by atoms with Gasteiger partial charge in [0.15, 0.2) is 0 Å². The highest BCUT2D eigenvalue weighted by Gasteiger charge is 2.18. The van der Waals surface area contributed by atoms with Crippen LogP contribution in [0.1, 0.15) is 57.1 Å². The van der Waals surface area contributed by atoms with Gasteiger partial charge >= 0.3 is 0 Å². The second kappa shape index (κ2) is 9.25. The number of carbonyl (C=O) groups excluding carboxylic acids is 1. The van der Waals surface area contributed by atoms with Crippen LogP contribution in [0.15, 0.2) is 30.3 Å². The molecule has 2 fully saturated rings. The first-order valence-electron chi connectivity index (χ1n) is 10.9. The van der Waals surface area contributed by atoms with Crippen LogP contribution in [-0.2, 0) is 4.79 Å². The SMILES string of the molecule is Cc1cc(N2CCCCC2)nc(Nc2ccc(NC(=O)CC3CCCC3)cc2)n1. The molecule has 0 atom stereocenters. The Kier molecular flexibility index (Phi) is 6.27. The Balaban J connectivity index is 1.37. The maximum absolute atomic E-state index is 12.2. The van der Waals surface area contributed by atoms with Crippen LogP contribution in [0, 0.1) is 12.8 Å². The van der Waals surface area contributed by atoms with E-state index in [0.29, 0.717) is 18.3 Å². The molecule has 2 aliphatic rings.